The molecule has 3 heterocycles. The Labute approximate surface area is 135 Å². The van der Waals surface area contributed by atoms with Crippen molar-refractivity contribution < 1.29 is 0 Å². The highest BCUT2D eigenvalue weighted by Crippen LogP contribution is 2.43. The van der Waals surface area contributed by atoms with Crippen molar-refractivity contribution in [1.82, 2.24) is 9.80 Å². The Morgan fingerprint density at radius 3 is 2.32 bits per heavy atom. The van der Waals surface area contributed by atoms with Crippen molar-refractivity contribution >= 4 is 0 Å². The van der Waals surface area contributed by atoms with Gasteiger partial charge in [0.2, 0.25) is 0 Å². The van der Waals surface area contributed by atoms with Crippen LogP contribution in [-0.2, 0) is 0 Å². The molecule has 3 saturated heterocycles. The van der Waals surface area contributed by atoms with Crippen molar-refractivity contribution in [3.05, 3.63) is 35.4 Å². The molecule has 0 amide bonds. The van der Waals surface area contributed by atoms with Gasteiger partial charge < -0.3 is 0 Å². The Kier molecular flexibility index (Phi) is 4.23. The third kappa shape index (κ3) is 2.72. The predicted molar refractivity (Wildman–Crippen MR) is 92.1 cm³/mol. The van der Waals surface area contributed by atoms with E-state index in [2.05, 4.69) is 41.0 Å². The molecule has 0 saturated carbocycles. The molecule has 1 aromatic carbocycles. The zero-order valence-electron chi connectivity index (χ0n) is 14.0. The first-order valence-corrected chi connectivity index (χ1v) is 9.39. The van der Waals surface area contributed by atoms with Crippen molar-refractivity contribution in [2.45, 2.75) is 70.0 Å². The Hall–Kier alpha value is -0.860. The summed E-state index contributed by atoms with van der Waals surface area (Å²) < 4.78 is 0. The molecule has 3 aliphatic rings. The highest BCUT2D eigenvalue weighted by Gasteiger charge is 2.44. The van der Waals surface area contributed by atoms with Crippen molar-refractivity contribution in [2.75, 3.05) is 19.6 Å². The Morgan fingerprint density at radius 1 is 0.818 bits per heavy atom. The molecule has 3 aliphatic heterocycles. The van der Waals surface area contributed by atoms with E-state index in [1.54, 1.807) is 5.56 Å². The van der Waals surface area contributed by atoms with E-state index in [-0.39, 0.29) is 0 Å². The second-order valence-corrected chi connectivity index (χ2v) is 7.63. The molecule has 120 valence electrons. The molecule has 0 aromatic heterocycles. The van der Waals surface area contributed by atoms with Gasteiger partial charge in [0.05, 0.1) is 0 Å². The second kappa shape index (κ2) is 6.33. The normalized spacial score (nSPS) is 33.8. The Balaban J connectivity index is 1.58. The minimum atomic E-state index is 0.665. The SMILES string of the molecule is Cc1ccc(C2CC(N3CCCCC3)C3CCCCN23)cc1. The first-order chi connectivity index (χ1) is 10.8. The molecule has 4 rings (SSSR count). The third-order valence-electron chi connectivity index (χ3n) is 6.22. The number of fused-ring (bicyclic) bond motifs is 1. The molecule has 0 bridgehead atoms. The quantitative estimate of drug-likeness (QED) is 0.809. The lowest BCUT2D eigenvalue weighted by molar-refractivity contribution is 0.0894. The van der Waals surface area contributed by atoms with Gasteiger partial charge in [0.25, 0.3) is 0 Å². The van der Waals surface area contributed by atoms with Crippen LogP contribution in [0.2, 0.25) is 0 Å². The van der Waals surface area contributed by atoms with Crippen molar-refractivity contribution in [1.29, 1.82) is 0 Å². The van der Waals surface area contributed by atoms with E-state index in [4.69, 9.17) is 0 Å². The number of rotatable bonds is 2. The molecule has 3 atom stereocenters. The van der Waals surface area contributed by atoms with Crippen LogP contribution in [0.4, 0.5) is 0 Å². The van der Waals surface area contributed by atoms with E-state index >= 15 is 0 Å². The van der Waals surface area contributed by atoms with Gasteiger partial charge in [-0.3, -0.25) is 9.80 Å². The van der Waals surface area contributed by atoms with Gasteiger partial charge in [0.15, 0.2) is 0 Å². The van der Waals surface area contributed by atoms with E-state index in [1.165, 1.54) is 70.1 Å². The second-order valence-electron chi connectivity index (χ2n) is 7.63. The Morgan fingerprint density at radius 2 is 1.55 bits per heavy atom. The zero-order valence-corrected chi connectivity index (χ0v) is 14.0. The minimum Gasteiger partial charge on any atom is -0.299 e. The van der Waals surface area contributed by atoms with E-state index in [9.17, 15) is 0 Å². The van der Waals surface area contributed by atoms with Crippen LogP contribution in [0.15, 0.2) is 24.3 Å². The summed E-state index contributed by atoms with van der Waals surface area (Å²) in [6.07, 6.45) is 9.88. The van der Waals surface area contributed by atoms with Crippen molar-refractivity contribution in [2.24, 2.45) is 0 Å². The van der Waals surface area contributed by atoms with Gasteiger partial charge in [0, 0.05) is 18.1 Å². The lowest BCUT2D eigenvalue weighted by atomic mass is 9.96. The maximum Gasteiger partial charge on any atom is 0.0367 e. The summed E-state index contributed by atoms with van der Waals surface area (Å²) in [5, 5.41) is 0. The lowest BCUT2D eigenvalue weighted by Gasteiger charge is -2.40. The van der Waals surface area contributed by atoms with Crippen LogP contribution < -0.4 is 0 Å². The largest absolute Gasteiger partial charge is 0.299 e. The average molecular weight is 298 g/mol. The topological polar surface area (TPSA) is 6.48 Å². The van der Waals surface area contributed by atoms with Crippen LogP contribution >= 0.6 is 0 Å². The number of likely N-dealkylation sites (tertiary alicyclic amines) is 1. The lowest BCUT2D eigenvalue weighted by Crippen LogP contribution is -2.48. The highest BCUT2D eigenvalue weighted by atomic mass is 15.3. The van der Waals surface area contributed by atoms with Gasteiger partial charge in [-0.1, -0.05) is 42.7 Å². The fraction of sp³-hybridized carbons (Fsp3) is 0.700. The van der Waals surface area contributed by atoms with Gasteiger partial charge in [-0.2, -0.15) is 0 Å². The van der Waals surface area contributed by atoms with Crippen molar-refractivity contribution in [3.8, 4) is 0 Å². The molecule has 2 heteroatoms. The van der Waals surface area contributed by atoms with Crippen LogP contribution in [-0.4, -0.2) is 41.5 Å². The molecular formula is C20H30N2. The van der Waals surface area contributed by atoms with Crippen LogP contribution in [0.1, 0.15) is 62.1 Å². The van der Waals surface area contributed by atoms with E-state index in [0.717, 1.165) is 12.1 Å². The fourth-order valence-electron chi connectivity index (χ4n) is 5.06. The highest BCUT2D eigenvalue weighted by molar-refractivity contribution is 5.26. The number of benzene rings is 1. The number of piperidine rings is 2. The fourth-order valence-corrected chi connectivity index (χ4v) is 5.06. The molecule has 0 spiro atoms. The third-order valence-corrected chi connectivity index (χ3v) is 6.22. The minimum absolute atomic E-state index is 0.665. The maximum absolute atomic E-state index is 2.85. The monoisotopic (exact) mass is 298 g/mol. The van der Waals surface area contributed by atoms with Crippen LogP contribution in [0.3, 0.4) is 0 Å². The summed E-state index contributed by atoms with van der Waals surface area (Å²) in [5.74, 6) is 0. The van der Waals surface area contributed by atoms with E-state index in [0.29, 0.717) is 6.04 Å². The summed E-state index contributed by atoms with van der Waals surface area (Å²) in [4.78, 5) is 5.69. The van der Waals surface area contributed by atoms with E-state index < -0.39 is 0 Å². The van der Waals surface area contributed by atoms with Gasteiger partial charge >= 0.3 is 0 Å². The molecule has 3 fully saturated rings. The molecule has 0 radical (unpaired) electrons. The molecule has 3 unspecified atom stereocenters. The van der Waals surface area contributed by atoms with Crippen LogP contribution in [0.5, 0.6) is 0 Å². The molecule has 0 N–H and O–H groups in total. The first kappa shape index (κ1) is 14.7. The van der Waals surface area contributed by atoms with E-state index in [1.807, 2.05) is 0 Å². The molecule has 22 heavy (non-hydrogen) atoms. The summed E-state index contributed by atoms with van der Waals surface area (Å²) in [6.45, 7) is 6.19. The number of nitrogens with zero attached hydrogens (tertiary/aromatic N) is 2. The van der Waals surface area contributed by atoms with Gasteiger partial charge in [-0.25, -0.2) is 0 Å². The standard InChI is InChI=1S/C20H30N2/c1-16-8-10-17(11-9-16)19-15-20(21-12-4-2-5-13-21)18-7-3-6-14-22(18)19/h8-11,18-20H,2-7,12-15H2,1H3. The number of hydrogen-bond acceptors (Lipinski definition) is 2. The molecule has 1 aromatic rings. The van der Waals surface area contributed by atoms with Crippen molar-refractivity contribution in [3.63, 3.8) is 0 Å². The molecule has 2 nitrogen and oxygen atoms in total. The molecular weight excluding hydrogens is 268 g/mol. The number of hydrogen-bond donors (Lipinski definition) is 0. The van der Waals surface area contributed by atoms with Crippen LogP contribution in [0, 0.1) is 6.92 Å². The summed E-state index contributed by atoms with van der Waals surface area (Å²) in [5.41, 5.74) is 2.93. The predicted octanol–water partition coefficient (Wildman–Crippen LogP) is 4.15. The Bertz CT molecular complexity index is 489. The van der Waals surface area contributed by atoms with Gasteiger partial charge in [-0.05, 0) is 64.2 Å². The maximum atomic E-state index is 2.85. The summed E-state index contributed by atoms with van der Waals surface area (Å²) in [6, 6.07) is 11.6. The van der Waals surface area contributed by atoms with Crippen LogP contribution in [0.25, 0.3) is 0 Å². The zero-order chi connectivity index (χ0) is 14.9. The first-order valence-electron chi connectivity index (χ1n) is 9.39. The smallest absolute Gasteiger partial charge is 0.0367 e. The average Bonchev–Trinajstić information content (AvgIpc) is 2.96. The summed E-state index contributed by atoms with van der Waals surface area (Å²) in [7, 11) is 0. The number of aryl methyl sites for hydroxylation is 1. The van der Waals surface area contributed by atoms with Gasteiger partial charge in [0.1, 0.15) is 0 Å². The molecule has 0 aliphatic carbocycles. The van der Waals surface area contributed by atoms with Gasteiger partial charge in [-0.15, -0.1) is 0 Å². The summed E-state index contributed by atoms with van der Waals surface area (Å²) >= 11 is 0.